The van der Waals surface area contributed by atoms with E-state index in [1.165, 1.54) is 11.1 Å². The Morgan fingerprint density at radius 1 is 1.39 bits per heavy atom. The standard InChI is InChI=1S/C13H15N3O2/c1-9-15-13(18-16-9)6-14-12-8-17-7-10-4-2-3-5-11(10)12/h2-5,12,14H,6-8H2,1H3. The average molecular weight is 245 g/mol. The van der Waals surface area contributed by atoms with Crippen LogP contribution >= 0.6 is 0 Å². The summed E-state index contributed by atoms with van der Waals surface area (Å²) in [4.78, 5) is 4.17. The fraction of sp³-hybridized carbons (Fsp3) is 0.385. The lowest BCUT2D eigenvalue weighted by Gasteiger charge is -2.26. The van der Waals surface area contributed by atoms with Crippen molar-refractivity contribution in [1.29, 1.82) is 0 Å². The van der Waals surface area contributed by atoms with Gasteiger partial charge in [0.2, 0.25) is 5.89 Å². The molecule has 0 saturated heterocycles. The number of fused-ring (bicyclic) bond motifs is 1. The Bertz CT molecular complexity index is 539. The van der Waals surface area contributed by atoms with Crippen LogP contribution < -0.4 is 5.32 Å². The Morgan fingerprint density at radius 3 is 3.11 bits per heavy atom. The fourth-order valence-electron chi connectivity index (χ4n) is 2.17. The van der Waals surface area contributed by atoms with Gasteiger partial charge in [-0.2, -0.15) is 4.98 Å². The van der Waals surface area contributed by atoms with E-state index >= 15 is 0 Å². The normalized spacial score (nSPS) is 18.6. The van der Waals surface area contributed by atoms with Crippen molar-refractivity contribution in [3.63, 3.8) is 0 Å². The van der Waals surface area contributed by atoms with Gasteiger partial charge >= 0.3 is 0 Å². The minimum atomic E-state index is 0.183. The van der Waals surface area contributed by atoms with E-state index in [0.29, 0.717) is 31.5 Å². The van der Waals surface area contributed by atoms with Crippen molar-refractivity contribution in [1.82, 2.24) is 15.5 Å². The lowest BCUT2D eigenvalue weighted by molar-refractivity contribution is 0.0807. The van der Waals surface area contributed by atoms with Gasteiger partial charge in [0, 0.05) is 0 Å². The lowest BCUT2D eigenvalue weighted by atomic mass is 9.99. The molecule has 1 aromatic heterocycles. The molecule has 0 saturated carbocycles. The molecular weight excluding hydrogens is 230 g/mol. The summed E-state index contributed by atoms with van der Waals surface area (Å²) in [6.07, 6.45) is 0. The largest absolute Gasteiger partial charge is 0.375 e. The first kappa shape index (κ1) is 11.4. The van der Waals surface area contributed by atoms with Crippen molar-refractivity contribution in [2.24, 2.45) is 0 Å². The van der Waals surface area contributed by atoms with Crippen LogP contribution in [0.4, 0.5) is 0 Å². The third-order valence-electron chi connectivity index (χ3n) is 3.04. The second kappa shape index (κ2) is 4.88. The Labute approximate surface area is 105 Å². The minimum absolute atomic E-state index is 0.183. The van der Waals surface area contributed by atoms with Crippen molar-refractivity contribution >= 4 is 0 Å². The summed E-state index contributed by atoms with van der Waals surface area (Å²) < 4.78 is 10.7. The highest BCUT2D eigenvalue weighted by Crippen LogP contribution is 2.24. The second-order valence-electron chi connectivity index (χ2n) is 4.38. The van der Waals surface area contributed by atoms with Crippen LogP contribution in [0.2, 0.25) is 0 Å². The van der Waals surface area contributed by atoms with Crippen LogP contribution in [0.5, 0.6) is 0 Å². The van der Waals surface area contributed by atoms with E-state index in [0.717, 1.165) is 0 Å². The van der Waals surface area contributed by atoms with Crippen molar-refractivity contribution < 1.29 is 9.26 Å². The molecule has 18 heavy (non-hydrogen) atoms. The summed E-state index contributed by atoms with van der Waals surface area (Å²) in [7, 11) is 0. The van der Waals surface area contributed by atoms with Crippen LogP contribution in [0.1, 0.15) is 28.9 Å². The molecular formula is C13H15N3O2. The Morgan fingerprint density at radius 2 is 2.28 bits per heavy atom. The van der Waals surface area contributed by atoms with Crippen LogP contribution in [0.25, 0.3) is 0 Å². The molecule has 1 N–H and O–H groups in total. The van der Waals surface area contributed by atoms with Crippen molar-refractivity contribution in [2.45, 2.75) is 26.1 Å². The van der Waals surface area contributed by atoms with Crippen molar-refractivity contribution in [3.05, 3.63) is 47.1 Å². The summed E-state index contributed by atoms with van der Waals surface area (Å²) in [6.45, 7) is 3.73. The van der Waals surface area contributed by atoms with E-state index in [9.17, 15) is 0 Å². The van der Waals surface area contributed by atoms with E-state index in [4.69, 9.17) is 9.26 Å². The molecule has 2 heterocycles. The maximum absolute atomic E-state index is 5.57. The molecule has 1 aliphatic heterocycles. The van der Waals surface area contributed by atoms with Gasteiger partial charge in [-0.3, -0.25) is 5.32 Å². The molecule has 0 bridgehead atoms. The number of nitrogens with one attached hydrogen (secondary N) is 1. The lowest BCUT2D eigenvalue weighted by Crippen LogP contribution is -2.29. The summed E-state index contributed by atoms with van der Waals surface area (Å²) >= 11 is 0. The predicted octanol–water partition coefficient (Wildman–Crippen LogP) is 1.74. The van der Waals surface area contributed by atoms with E-state index in [-0.39, 0.29) is 6.04 Å². The highest BCUT2D eigenvalue weighted by atomic mass is 16.5. The molecule has 3 rings (SSSR count). The van der Waals surface area contributed by atoms with E-state index < -0.39 is 0 Å². The van der Waals surface area contributed by atoms with E-state index in [1.807, 2.05) is 13.0 Å². The Hall–Kier alpha value is -1.72. The van der Waals surface area contributed by atoms with Crippen LogP contribution in [0, 0.1) is 6.92 Å². The van der Waals surface area contributed by atoms with Gasteiger partial charge in [-0.15, -0.1) is 0 Å². The molecule has 2 aromatic rings. The summed E-state index contributed by atoms with van der Waals surface area (Å²) in [5.41, 5.74) is 2.53. The van der Waals surface area contributed by atoms with Crippen molar-refractivity contribution in [3.8, 4) is 0 Å². The van der Waals surface area contributed by atoms with Crippen LogP contribution in [0.3, 0.4) is 0 Å². The molecule has 0 aliphatic carbocycles. The van der Waals surface area contributed by atoms with Gasteiger partial charge < -0.3 is 9.26 Å². The van der Waals surface area contributed by atoms with Crippen LogP contribution in [0.15, 0.2) is 28.8 Å². The van der Waals surface area contributed by atoms with Gasteiger partial charge in [0.1, 0.15) is 0 Å². The topological polar surface area (TPSA) is 60.2 Å². The zero-order valence-electron chi connectivity index (χ0n) is 10.2. The number of rotatable bonds is 3. The first-order chi connectivity index (χ1) is 8.83. The number of ether oxygens (including phenoxy) is 1. The number of aryl methyl sites for hydroxylation is 1. The third kappa shape index (κ3) is 2.27. The maximum Gasteiger partial charge on any atom is 0.240 e. The monoisotopic (exact) mass is 245 g/mol. The van der Waals surface area contributed by atoms with E-state index in [2.05, 4.69) is 33.7 Å². The summed E-state index contributed by atoms with van der Waals surface area (Å²) in [6, 6.07) is 8.50. The number of benzene rings is 1. The molecule has 1 unspecified atom stereocenters. The van der Waals surface area contributed by atoms with Gasteiger partial charge in [-0.1, -0.05) is 29.4 Å². The molecule has 0 fully saturated rings. The second-order valence-corrected chi connectivity index (χ2v) is 4.38. The number of hydrogen-bond donors (Lipinski definition) is 1. The van der Waals surface area contributed by atoms with Gasteiger partial charge in [0.05, 0.1) is 25.8 Å². The minimum Gasteiger partial charge on any atom is -0.375 e. The molecule has 5 nitrogen and oxygen atoms in total. The first-order valence-corrected chi connectivity index (χ1v) is 6.01. The van der Waals surface area contributed by atoms with Gasteiger partial charge in [-0.05, 0) is 18.1 Å². The molecule has 0 amide bonds. The highest BCUT2D eigenvalue weighted by Gasteiger charge is 2.20. The molecule has 1 aromatic carbocycles. The van der Waals surface area contributed by atoms with Crippen LogP contribution in [-0.4, -0.2) is 16.7 Å². The quantitative estimate of drug-likeness (QED) is 0.892. The predicted molar refractivity (Wildman–Crippen MR) is 64.7 cm³/mol. The van der Waals surface area contributed by atoms with Gasteiger partial charge in [0.15, 0.2) is 5.82 Å². The first-order valence-electron chi connectivity index (χ1n) is 6.01. The zero-order chi connectivity index (χ0) is 12.4. The summed E-state index contributed by atoms with van der Waals surface area (Å²) in [5, 5.41) is 7.15. The average Bonchev–Trinajstić information content (AvgIpc) is 2.82. The molecule has 0 radical (unpaired) electrons. The molecule has 1 atom stereocenters. The maximum atomic E-state index is 5.57. The van der Waals surface area contributed by atoms with E-state index in [1.54, 1.807) is 0 Å². The molecule has 94 valence electrons. The van der Waals surface area contributed by atoms with Crippen LogP contribution in [-0.2, 0) is 17.9 Å². The summed E-state index contributed by atoms with van der Waals surface area (Å²) in [5.74, 6) is 1.27. The Balaban J connectivity index is 1.71. The highest BCUT2D eigenvalue weighted by molar-refractivity contribution is 5.31. The van der Waals surface area contributed by atoms with Gasteiger partial charge in [-0.25, -0.2) is 0 Å². The molecule has 0 spiro atoms. The van der Waals surface area contributed by atoms with Gasteiger partial charge in [0.25, 0.3) is 0 Å². The number of hydrogen-bond acceptors (Lipinski definition) is 5. The van der Waals surface area contributed by atoms with Crippen molar-refractivity contribution in [2.75, 3.05) is 6.61 Å². The number of nitrogens with zero attached hydrogens (tertiary/aromatic N) is 2. The Kier molecular flexibility index (Phi) is 3.08. The zero-order valence-corrected chi connectivity index (χ0v) is 10.2. The third-order valence-corrected chi connectivity index (χ3v) is 3.04. The smallest absolute Gasteiger partial charge is 0.240 e. The molecule has 5 heteroatoms. The number of aromatic nitrogens is 2. The SMILES string of the molecule is Cc1noc(CNC2COCc3ccccc32)n1. The molecule has 1 aliphatic rings. The fourth-order valence-corrected chi connectivity index (χ4v) is 2.17.